The molecule has 1 N–H and O–H groups in total. The Bertz CT molecular complexity index is 356. The van der Waals surface area contributed by atoms with Crippen LogP contribution in [0.4, 0.5) is 5.13 Å². The van der Waals surface area contributed by atoms with Crippen LogP contribution in [-0.4, -0.2) is 37.3 Å². The third-order valence-corrected chi connectivity index (χ3v) is 4.26. The number of rotatable bonds is 3. The molecular weight excluding hydrogens is 222 g/mol. The maximum absolute atomic E-state index is 5.83. The average molecular weight is 239 g/mol. The van der Waals surface area contributed by atoms with Crippen LogP contribution in [0.2, 0.25) is 0 Å². The molecule has 3 heterocycles. The predicted octanol–water partition coefficient (Wildman–Crippen LogP) is 1.23. The van der Waals surface area contributed by atoms with Gasteiger partial charge in [-0.3, -0.25) is 0 Å². The largest absolute Gasteiger partial charge is 0.371 e. The van der Waals surface area contributed by atoms with Gasteiger partial charge in [0.15, 0.2) is 5.13 Å². The van der Waals surface area contributed by atoms with Crippen molar-refractivity contribution in [3.05, 3.63) is 11.1 Å². The van der Waals surface area contributed by atoms with Gasteiger partial charge in [0.25, 0.3) is 0 Å². The molecular formula is C11H17N3OS. The molecule has 0 aliphatic carbocycles. The molecule has 0 saturated carbocycles. The van der Waals surface area contributed by atoms with Crippen molar-refractivity contribution in [2.75, 3.05) is 25.0 Å². The number of hydrogen-bond acceptors (Lipinski definition) is 5. The number of morpholine rings is 1. The van der Waals surface area contributed by atoms with Crippen molar-refractivity contribution in [3.63, 3.8) is 0 Å². The molecule has 2 fully saturated rings. The molecule has 2 aliphatic heterocycles. The number of aromatic nitrogens is 1. The number of nitrogens with zero attached hydrogens (tertiary/aromatic N) is 2. The van der Waals surface area contributed by atoms with E-state index in [1.807, 2.05) is 13.2 Å². The van der Waals surface area contributed by atoms with Gasteiger partial charge in [-0.25, -0.2) is 4.98 Å². The number of thiazole rings is 1. The predicted molar refractivity (Wildman–Crippen MR) is 65.0 cm³/mol. The Morgan fingerprint density at radius 2 is 2.25 bits per heavy atom. The van der Waals surface area contributed by atoms with Crippen molar-refractivity contribution in [3.8, 4) is 0 Å². The molecule has 0 amide bonds. The van der Waals surface area contributed by atoms with Gasteiger partial charge in [-0.05, 0) is 19.9 Å². The SMILES string of the molecule is CNCc1cnc(N2CC3CCC(C2)O3)s1. The smallest absolute Gasteiger partial charge is 0.185 e. The molecule has 1 aromatic rings. The van der Waals surface area contributed by atoms with Crippen LogP contribution in [-0.2, 0) is 11.3 Å². The first-order chi connectivity index (χ1) is 7.85. The molecule has 2 saturated heterocycles. The third kappa shape index (κ3) is 1.95. The third-order valence-electron chi connectivity index (χ3n) is 3.21. The molecule has 0 aromatic carbocycles. The first kappa shape index (κ1) is 10.5. The van der Waals surface area contributed by atoms with Crippen LogP contribution < -0.4 is 10.2 Å². The van der Waals surface area contributed by atoms with Crippen molar-refractivity contribution >= 4 is 16.5 Å². The Hall–Kier alpha value is -0.650. The molecule has 5 heteroatoms. The van der Waals surface area contributed by atoms with E-state index in [0.29, 0.717) is 12.2 Å². The van der Waals surface area contributed by atoms with Gasteiger partial charge < -0.3 is 15.0 Å². The zero-order chi connectivity index (χ0) is 11.0. The van der Waals surface area contributed by atoms with Crippen LogP contribution in [0.25, 0.3) is 0 Å². The summed E-state index contributed by atoms with van der Waals surface area (Å²) >= 11 is 1.79. The van der Waals surface area contributed by atoms with Crippen molar-refractivity contribution in [1.82, 2.24) is 10.3 Å². The lowest BCUT2D eigenvalue weighted by atomic mass is 10.2. The molecule has 2 aliphatic rings. The Morgan fingerprint density at radius 3 is 2.94 bits per heavy atom. The van der Waals surface area contributed by atoms with Crippen LogP contribution in [0, 0.1) is 0 Å². The molecule has 16 heavy (non-hydrogen) atoms. The Balaban J connectivity index is 1.71. The fraction of sp³-hybridized carbons (Fsp3) is 0.727. The summed E-state index contributed by atoms with van der Waals surface area (Å²) in [6.45, 7) is 2.95. The summed E-state index contributed by atoms with van der Waals surface area (Å²) in [7, 11) is 1.97. The van der Waals surface area contributed by atoms with Gasteiger partial charge in [0.05, 0.1) is 12.2 Å². The van der Waals surface area contributed by atoms with Gasteiger partial charge in [0.2, 0.25) is 0 Å². The quantitative estimate of drug-likeness (QED) is 0.861. The van der Waals surface area contributed by atoms with E-state index >= 15 is 0 Å². The van der Waals surface area contributed by atoms with E-state index < -0.39 is 0 Å². The first-order valence-electron chi connectivity index (χ1n) is 5.85. The lowest BCUT2D eigenvalue weighted by molar-refractivity contribution is 0.0305. The Morgan fingerprint density at radius 1 is 1.50 bits per heavy atom. The van der Waals surface area contributed by atoms with E-state index in [-0.39, 0.29) is 0 Å². The first-order valence-corrected chi connectivity index (χ1v) is 6.66. The maximum Gasteiger partial charge on any atom is 0.185 e. The van der Waals surface area contributed by atoms with Crippen LogP contribution in [0.1, 0.15) is 17.7 Å². The van der Waals surface area contributed by atoms with Crippen LogP contribution in [0.15, 0.2) is 6.20 Å². The summed E-state index contributed by atoms with van der Waals surface area (Å²) in [5.41, 5.74) is 0. The van der Waals surface area contributed by atoms with Crippen LogP contribution in [0.5, 0.6) is 0 Å². The summed E-state index contributed by atoms with van der Waals surface area (Å²) in [5, 5.41) is 4.32. The monoisotopic (exact) mass is 239 g/mol. The second-order valence-electron chi connectivity index (χ2n) is 4.50. The Kier molecular flexibility index (Phi) is 2.83. The molecule has 2 atom stereocenters. The van der Waals surface area contributed by atoms with Gasteiger partial charge in [-0.1, -0.05) is 0 Å². The summed E-state index contributed by atoms with van der Waals surface area (Å²) < 4.78 is 5.83. The van der Waals surface area contributed by atoms with Crippen LogP contribution >= 0.6 is 11.3 Å². The second-order valence-corrected chi connectivity index (χ2v) is 5.60. The molecule has 1 aromatic heterocycles. The maximum atomic E-state index is 5.83. The van der Waals surface area contributed by atoms with Gasteiger partial charge in [0.1, 0.15) is 0 Å². The summed E-state index contributed by atoms with van der Waals surface area (Å²) in [5.74, 6) is 0. The fourth-order valence-electron chi connectivity index (χ4n) is 2.47. The lowest BCUT2D eigenvalue weighted by Crippen LogP contribution is -2.42. The summed E-state index contributed by atoms with van der Waals surface area (Å²) in [6, 6.07) is 0. The van der Waals surface area contributed by atoms with E-state index in [2.05, 4.69) is 15.2 Å². The lowest BCUT2D eigenvalue weighted by Gasteiger charge is -2.31. The minimum absolute atomic E-state index is 0.440. The molecule has 2 bridgehead atoms. The molecule has 0 radical (unpaired) electrons. The number of nitrogens with one attached hydrogen (secondary N) is 1. The normalized spacial score (nSPS) is 28.7. The Labute approximate surface area is 99.6 Å². The zero-order valence-electron chi connectivity index (χ0n) is 9.48. The molecule has 0 spiro atoms. The van der Waals surface area contributed by atoms with Gasteiger partial charge in [-0.15, -0.1) is 11.3 Å². The van der Waals surface area contributed by atoms with E-state index in [1.54, 1.807) is 11.3 Å². The highest BCUT2D eigenvalue weighted by molar-refractivity contribution is 7.15. The average Bonchev–Trinajstić information content (AvgIpc) is 2.87. The molecule has 3 rings (SSSR count). The zero-order valence-corrected chi connectivity index (χ0v) is 10.3. The summed E-state index contributed by atoms with van der Waals surface area (Å²) in [6.07, 6.45) is 5.30. The fourth-order valence-corrected chi connectivity index (χ4v) is 3.41. The minimum Gasteiger partial charge on any atom is -0.371 e. The van der Waals surface area contributed by atoms with E-state index in [0.717, 1.165) is 24.8 Å². The second kappa shape index (κ2) is 4.31. The standard InChI is InChI=1S/C11H17N3OS/c1-12-4-10-5-13-11(16-10)14-6-8-2-3-9(7-14)15-8/h5,8-9,12H,2-4,6-7H2,1H3. The number of ether oxygens (including phenoxy) is 1. The molecule has 4 nitrogen and oxygen atoms in total. The number of fused-ring (bicyclic) bond motifs is 2. The van der Waals surface area contributed by atoms with E-state index in [1.165, 1.54) is 17.7 Å². The number of anilines is 1. The van der Waals surface area contributed by atoms with Crippen molar-refractivity contribution in [2.45, 2.75) is 31.6 Å². The van der Waals surface area contributed by atoms with Crippen molar-refractivity contribution < 1.29 is 4.74 Å². The van der Waals surface area contributed by atoms with Crippen molar-refractivity contribution in [2.24, 2.45) is 0 Å². The van der Waals surface area contributed by atoms with Crippen LogP contribution in [0.3, 0.4) is 0 Å². The topological polar surface area (TPSA) is 37.4 Å². The van der Waals surface area contributed by atoms with Gasteiger partial charge in [-0.2, -0.15) is 0 Å². The molecule has 2 unspecified atom stereocenters. The van der Waals surface area contributed by atoms with Gasteiger partial charge >= 0.3 is 0 Å². The summed E-state index contributed by atoms with van der Waals surface area (Å²) in [4.78, 5) is 8.19. The van der Waals surface area contributed by atoms with Crippen molar-refractivity contribution in [1.29, 1.82) is 0 Å². The highest BCUT2D eigenvalue weighted by Crippen LogP contribution is 2.31. The number of hydrogen-bond donors (Lipinski definition) is 1. The van der Waals surface area contributed by atoms with E-state index in [9.17, 15) is 0 Å². The molecule has 88 valence electrons. The minimum atomic E-state index is 0.440. The highest BCUT2D eigenvalue weighted by atomic mass is 32.1. The van der Waals surface area contributed by atoms with E-state index in [4.69, 9.17) is 4.74 Å². The van der Waals surface area contributed by atoms with Gasteiger partial charge in [0, 0.05) is 30.7 Å². The highest BCUT2D eigenvalue weighted by Gasteiger charge is 2.34.